The van der Waals surface area contributed by atoms with Gasteiger partial charge in [-0.3, -0.25) is 0 Å². The maximum atomic E-state index is 10.2. The molecule has 0 aromatic heterocycles. The molecule has 2 rings (SSSR count). The quantitative estimate of drug-likeness (QED) is 0.506. The second-order valence-corrected chi connectivity index (χ2v) is 5.27. The third-order valence-corrected chi connectivity index (χ3v) is 2.54. The first-order valence-electron chi connectivity index (χ1n) is 6.08. The molecule has 2 aliphatic rings. The van der Waals surface area contributed by atoms with Gasteiger partial charge in [-0.1, -0.05) is 0 Å². The molecule has 0 aliphatic carbocycles. The van der Waals surface area contributed by atoms with Crippen molar-refractivity contribution in [1.82, 2.24) is 0 Å². The Hall–Kier alpha value is 0.0397. The second kappa shape index (κ2) is 8.05. The zero-order chi connectivity index (χ0) is 15.6. The maximum absolute atomic E-state index is 10.2. The number of carboxylic acid groups (broad SMARTS) is 2. The summed E-state index contributed by atoms with van der Waals surface area (Å²) < 4.78 is 19.8. The van der Waals surface area contributed by atoms with Crippen LogP contribution in [-0.2, 0) is 28.5 Å². The molecule has 9 heteroatoms. The van der Waals surface area contributed by atoms with Gasteiger partial charge in [0.2, 0.25) is 0 Å². The smallest absolute Gasteiger partial charge is 0.547 e. The van der Waals surface area contributed by atoms with E-state index in [1.54, 1.807) is 27.7 Å². The molecule has 0 spiro atoms. The number of carboxylic acids is 2. The first kappa shape index (κ1) is 21.0. The summed E-state index contributed by atoms with van der Waals surface area (Å²) in [5.74, 6) is -3.98. The minimum Gasteiger partial charge on any atom is -0.547 e. The van der Waals surface area contributed by atoms with Crippen LogP contribution in [0.1, 0.15) is 27.7 Å². The van der Waals surface area contributed by atoms with E-state index in [0.717, 1.165) is 0 Å². The van der Waals surface area contributed by atoms with Gasteiger partial charge in [0.1, 0.15) is 12.2 Å². The molecule has 2 heterocycles. The Kier molecular flexibility index (Phi) is 8.07. The molecule has 0 aromatic carbocycles. The molecule has 0 N–H and O–H groups in total. The number of rotatable bonds is 2. The molecule has 0 radical (unpaired) electrons. The minimum atomic E-state index is -1.22. The first-order chi connectivity index (χ1) is 9.02. The van der Waals surface area contributed by atoms with E-state index in [1.807, 2.05) is 0 Å². The molecule has 0 saturated carbocycles. The molecule has 21 heavy (non-hydrogen) atoms. The molecule has 0 amide bonds. The zero-order valence-corrected chi connectivity index (χ0v) is 14.8. The predicted molar refractivity (Wildman–Crippen MR) is 65.6 cm³/mol. The normalized spacial score (nSPS) is 29.0. The van der Waals surface area contributed by atoms with Gasteiger partial charge in [-0.05, 0) is 27.7 Å². The summed E-state index contributed by atoms with van der Waals surface area (Å²) in [6.45, 7) is 6.81. The van der Waals surface area contributed by atoms with Crippen molar-refractivity contribution in [2.45, 2.75) is 51.5 Å². The number of hydrogen-bond acceptors (Lipinski definition) is 8. The number of carbonyl (C=O) groups excluding carboxylic acids is 2. The van der Waals surface area contributed by atoms with Crippen molar-refractivity contribution >= 4 is 49.7 Å². The molecular formula is C12H18CaO8. The third-order valence-electron chi connectivity index (χ3n) is 2.54. The molecule has 116 valence electrons. The van der Waals surface area contributed by atoms with Crippen LogP contribution in [0.15, 0.2) is 0 Å². The molecule has 2 unspecified atom stereocenters. The second-order valence-electron chi connectivity index (χ2n) is 5.27. The van der Waals surface area contributed by atoms with Gasteiger partial charge in [0.05, 0.1) is 25.2 Å². The van der Waals surface area contributed by atoms with Gasteiger partial charge in [0.15, 0.2) is 11.6 Å². The Balaban J connectivity index is 0.000000364. The fraction of sp³-hybridized carbons (Fsp3) is 0.833. The zero-order valence-electron chi connectivity index (χ0n) is 12.5. The van der Waals surface area contributed by atoms with Crippen LogP contribution in [0.25, 0.3) is 0 Å². The summed E-state index contributed by atoms with van der Waals surface area (Å²) in [5, 5.41) is 20.3. The van der Waals surface area contributed by atoms with Crippen LogP contribution < -0.4 is 10.2 Å². The number of hydrogen-bond donors (Lipinski definition) is 0. The summed E-state index contributed by atoms with van der Waals surface area (Å²) in [6.07, 6.45) is -1.81. The third kappa shape index (κ3) is 7.23. The Morgan fingerprint density at radius 3 is 1.24 bits per heavy atom. The monoisotopic (exact) mass is 330 g/mol. The van der Waals surface area contributed by atoms with E-state index in [1.165, 1.54) is 0 Å². The summed E-state index contributed by atoms with van der Waals surface area (Å²) >= 11 is 0. The topological polar surface area (TPSA) is 117 Å². The van der Waals surface area contributed by atoms with Crippen LogP contribution in [0, 0.1) is 0 Å². The average Bonchev–Trinajstić information content (AvgIpc) is 2.82. The van der Waals surface area contributed by atoms with Gasteiger partial charge in [0, 0.05) is 0 Å². The molecule has 0 bridgehead atoms. The van der Waals surface area contributed by atoms with Gasteiger partial charge < -0.3 is 38.7 Å². The Morgan fingerprint density at radius 2 is 1.14 bits per heavy atom. The Morgan fingerprint density at radius 1 is 0.857 bits per heavy atom. The molecule has 2 fully saturated rings. The van der Waals surface area contributed by atoms with Crippen LogP contribution in [0.4, 0.5) is 0 Å². The largest absolute Gasteiger partial charge is 2.00 e. The van der Waals surface area contributed by atoms with Gasteiger partial charge in [-0.25, -0.2) is 0 Å². The Labute approximate surface area is 152 Å². The number of aliphatic carboxylic acids is 2. The fourth-order valence-corrected chi connectivity index (χ4v) is 1.61. The van der Waals surface area contributed by atoms with Crippen LogP contribution in [0.2, 0.25) is 0 Å². The van der Waals surface area contributed by atoms with Crippen LogP contribution in [0.5, 0.6) is 0 Å². The molecule has 2 atom stereocenters. The molecule has 8 nitrogen and oxygen atoms in total. The predicted octanol–water partition coefficient (Wildman–Crippen LogP) is -2.61. The summed E-state index contributed by atoms with van der Waals surface area (Å²) in [5.41, 5.74) is 0. The fourth-order valence-electron chi connectivity index (χ4n) is 1.61. The summed E-state index contributed by atoms with van der Waals surface area (Å²) in [7, 11) is 0. The standard InChI is InChI=1S/2C6H10O4.Ca/c2*1-6(2)9-3-4(10-6)5(7)8;/h2*4H,3H2,1-2H3,(H,7,8);/q;;+2/p-2. The van der Waals surface area contributed by atoms with Gasteiger partial charge in [0.25, 0.3) is 0 Å². The van der Waals surface area contributed by atoms with Crippen molar-refractivity contribution in [3.63, 3.8) is 0 Å². The van der Waals surface area contributed by atoms with Crippen LogP contribution >= 0.6 is 0 Å². The number of ether oxygens (including phenoxy) is 4. The van der Waals surface area contributed by atoms with E-state index in [0.29, 0.717) is 0 Å². The summed E-state index contributed by atoms with van der Waals surface area (Å²) in [6, 6.07) is 0. The molecule has 2 aliphatic heterocycles. The molecule has 2 saturated heterocycles. The van der Waals surface area contributed by atoms with Crippen molar-refractivity contribution in [3.05, 3.63) is 0 Å². The average molecular weight is 330 g/mol. The van der Waals surface area contributed by atoms with Gasteiger partial charge in [-0.2, -0.15) is 0 Å². The van der Waals surface area contributed by atoms with Crippen LogP contribution in [-0.4, -0.2) is 86.7 Å². The van der Waals surface area contributed by atoms with E-state index in [-0.39, 0.29) is 51.0 Å². The number of carbonyl (C=O) groups is 2. The van der Waals surface area contributed by atoms with Crippen molar-refractivity contribution in [1.29, 1.82) is 0 Å². The van der Waals surface area contributed by atoms with Crippen LogP contribution in [0.3, 0.4) is 0 Å². The maximum Gasteiger partial charge on any atom is 2.00 e. The molecule has 0 aromatic rings. The van der Waals surface area contributed by atoms with Crippen molar-refractivity contribution in [3.8, 4) is 0 Å². The van der Waals surface area contributed by atoms with E-state index >= 15 is 0 Å². The molecular weight excluding hydrogens is 312 g/mol. The van der Waals surface area contributed by atoms with E-state index < -0.39 is 35.7 Å². The SMILES string of the molecule is CC1(C)OCC(C(=O)[O-])O1.CC1(C)OCC(C(=O)[O-])O1.[Ca+2]. The van der Waals surface area contributed by atoms with E-state index in [2.05, 4.69) is 0 Å². The Bertz CT molecular complexity index is 345. The van der Waals surface area contributed by atoms with E-state index in [9.17, 15) is 19.8 Å². The first-order valence-corrected chi connectivity index (χ1v) is 6.08. The van der Waals surface area contributed by atoms with E-state index in [4.69, 9.17) is 18.9 Å². The minimum absolute atomic E-state index is 0. The van der Waals surface area contributed by atoms with Crippen molar-refractivity contribution < 1.29 is 38.7 Å². The van der Waals surface area contributed by atoms with Gasteiger partial charge >= 0.3 is 37.7 Å². The van der Waals surface area contributed by atoms with Crippen molar-refractivity contribution in [2.24, 2.45) is 0 Å². The van der Waals surface area contributed by atoms with Crippen molar-refractivity contribution in [2.75, 3.05) is 13.2 Å². The van der Waals surface area contributed by atoms with Gasteiger partial charge in [-0.15, -0.1) is 0 Å². The summed E-state index contributed by atoms with van der Waals surface area (Å²) in [4.78, 5) is 20.3.